The van der Waals surface area contributed by atoms with Crippen LogP contribution in [0.15, 0.2) is 0 Å². The van der Waals surface area contributed by atoms with Crippen molar-refractivity contribution in [3.8, 4) is 0 Å². The molecule has 2 rings (SSSR count). The minimum Gasteiger partial charge on any atom is -0.308 e. The van der Waals surface area contributed by atoms with E-state index in [0.29, 0.717) is 6.04 Å². The quantitative estimate of drug-likeness (QED) is 0.913. The van der Waals surface area contributed by atoms with Gasteiger partial charge in [-0.25, -0.2) is 0 Å². The van der Waals surface area contributed by atoms with Gasteiger partial charge in [-0.1, -0.05) is 38.3 Å². The molecule has 0 spiro atoms. The number of hydrogen-bond donors (Lipinski definition) is 1. The van der Waals surface area contributed by atoms with Crippen LogP contribution in [0.1, 0.15) is 44.5 Å². The van der Waals surface area contributed by atoms with E-state index in [1.54, 1.807) is 0 Å². The Bertz CT molecular complexity index is 413. The van der Waals surface area contributed by atoms with Crippen molar-refractivity contribution in [1.29, 1.82) is 0 Å². The minimum atomic E-state index is 0.611. The third kappa shape index (κ3) is 2.72. The third-order valence-electron chi connectivity index (χ3n) is 4.50. The second kappa shape index (κ2) is 5.62. The highest BCUT2D eigenvalue weighted by Gasteiger charge is 2.27. The Kier molecular flexibility index (Phi) is 4.33. The zero-order chi connectivity index (χ0) is 13.3. The van der Waals surface area contributed by atoms with E-state index in [4.69, 9.17) is 11.6 Å². The summed E-state index contributed by atoms with van der Waals surface area (Å²) in [5.41, 5.74) is 2.01. The summed E-state index contributed by atoms with van der Waals surface area (Å²) < 4.78 is 1.89. The van der Waals surface area contributed by atoms with Crippen LogP contribution in [0.3, 0.4) is 0 Å². The number of halogens is 1. The lowest BCUT2D eigenvalue weighted by atomic mass is 9.78. The van der Waals surface area contributed by atoms with Crippen molar-refractivity contribution >= 4 is 11.6 Å². The maximum absolute atomic E-state index is 6.27. The first-order chi connectivity index (χ1) is 8.50. The van der Waals surface area contributed by atoms with E-state index in [2.05, 4.69) is 24.3 Å². The summed E-state index contributed by atoms with van der Waals surface area (Å²) in [5, 5.41) is 8.83. The average molecular weight is 270 g/mol. The van der Waals surface area contributed by atoms with Crippen LogP contribution in [0.25, 0.3) is 0 Å². The lowest BCUT2D eigenvalue weighted by molar-refractivity contribution is 0.205. The van der Waals surface area contributed by atoms with Gasteiger partial charge >= 0.3 is 0 Å². The van der Waals surface area contributed by atoms with Gasteiger partial charge in [0.1, 0.15) is 0 Å². The van der Waals surface area contributed by atoms with Crippen molar-refractivity contribution in [2.75, 3.05) is 0 Å². The van der Waals surface area contributed by atoms with Crippen LogP contribution in [0, 0.1) is 18.8 Å². The number of nitrogens with zero attached hydrogens (tertiary/aromatic N) is 2. The van der Waals surface area contributed by atoms with Crippen LogP contribution >= 0.6 is 11.6 Å². The maximum Gasteiger partial charge on any atom is 0.0860 e. The molecule has 1 N–H and O–H groups in total. The molecule has 0 aromatic carbocycles. The number of nitrogens with one attached hydrogen (secondary N) is 1. The van der Waals surface area contributed by atoms with Gasteiger partial charge in [-0.15, -0.1) is 0 Å². The van der Waals surface area contributed by atoms with E-state index < -0.39 is 0 Å². The summed E-state index contributed by atoms with van der Waals surface area (Å²) in [7, 11) is 1.96. The van der Waals surface area contributed by atoms with Gasteiger partial charge in [0.15, 0.2) is 0 Å². The van der Waals surface area contributed by atoms with E-state index in [0.717, 1.165) is 34.8 Å². The van der Waals surface area contributed by atoms with Crippen molar-refractivity contribution in [3.63, 3.8) is 0 Å². The summed E-state index contributed by atoms with van der Waals surface area (Å²) in [6.07, 6.45) is 3.98. The van der Waals surface area contributed by atoms with E-state index in [-0.39, 0.29) is 0 Å². The van der Waals surface area contributed by atoms with Crippen molar-refractivity contribution in [3.05, 3.63) is 16.4 Å². The molecular formula is C14H24ClN3. The predicted molar refractivity (Wildman–Crippen MR) is 75.8 cm³/mol. The molecule has 102 valence electrons. The van der Waals surface area contributed by atoms with Gasteiger partial charge in [0.2, 0.25) is 0 Å². The van der Waals surface area contributed by atoms with Crippen LogP contribution in [-0.4, -0.2) is 15.8 Å². The fraction of sp³-hybridized carbons (Fsp3) is 0.786. The largest absolute Gasteiger partial charge is 0.308 e. The molecule has 0 amide bonds. The molecule has 1 aliphatic carbocycles. The zero-order valence-electron chi connectivity index (χ0n) is 11.8. The molecule has 1 aliphatic rings. The molecule has 0 bridgehead atoms. The molecule has 0 aliphatic heterocycles. The highest BCUT2D eigenvalue weighted by atomic mass is 35.5. The highest BCUT2D eigenvalue weighted by Crippen LogP contribution is 2.30. The van der Waals surface area contributed by atoms with Crippen LogP contribution in [-0.2, 0) is 13.6 Å². The number of aromatic nitrogens is 2. The van der Waals surface area contributed by atoms with E-state index in [9.17, 15) is 0 Å². The molecule has 3 nitrogen and oxygen atoms in total. The van der Waals surface area contributed by atoms with Crippen molar-refractivity contribution in [1.82, 2.24) is 15.1 Å². The zero-order valence-corrected chi connectivity index (χ0v) is 12.6. The standard InChI is InChI=1S/C14H24ClN3/c1-9-6-5-7-12(10(9)2)16-8-13-14(15)11(3)17-18(13)4/h9-10,12,16H,5-8H2,1-4H3. The normalized spacial score (nSPS) is 28.6. The maximum atomic E-state index is 6.27. The Labute approximate surface area is 115 Å². The van der Waals surface area contributed by atoms with E-state index in [1.165, 1.54) is 19.3 Å². The molecule has 18 heavy (non-hydrogen) atoms. The smallest absolute Gasteiger partial charge is 0.0860 e. The topological polar surface area (TPSA) is 29.9 Å². The van der Waals surface area contributed by atoms with Crippen LogP contribution in [0.4, 0.5) is 0 Å². The van der Waals surface area contributed by atoms with Gasteiger partial charge in [0.25, 0.3) is 0 Å². The molecule has 1 aromatic heterocycles. The summed E-state index contributed by atoms with van der Waals surface area (Å²) in [6.45, 7) is 7.49. The molecule has 1 fully saturated rings. The number of rotatable bonds is 3. The molecule has 0 saturated heterocycles. The summed E-state index contributed by atoms with van der Waals surface area (Å²) >= 11 is 6.27. The number of hydrogen-bond acceptors (Lipinski definition) is 2. The fourth-order valence-electron chi connectivity index (χ4n) is 2.97. The molecule has 3 atom stereocenters. The molecule has 1 heterocycles. The first-order valence-corrected chi connectivity index (χ1v) is 7.30. The van der Waals surface area contributed by atoms with E-state index >= 15 is 0 Å². The van der Waals surface area contributed by atoms with Crippen molar-refractivity contribution < 1.29 is 0 Å². The van der Waals surface area contributed by atoms with Gasteiger partial charge in [0.05, 0.1) is 16.4 Å². The monoisotopic (exact) mass is 269 g/mol. The predicted octanol–water partition coefficient (Wildman–Crippen LogP) is 3.30. The van der Waals surface area contributed by atoms with Crippen LogP contribution < -0.4 is 5.32 Å². The van der Waals surface area contributed by atoms with E-state index in [1.807, 2.05) is 18.7 Å². The molecule has 3 unspecified atom stereocenters. The first-order valence-electron chi connectivity index (χ1n) is 6.92. The first kappa shape index (κ1) is 13.9. The lowest BCUT2D eigenvalue weighted by Crippen LogP contribution is -2.40. The number of aryl methyl sites for hydroxylation is 2. The average Bonchev–Trinajstić information content (AvgIpc) is 2.56. The SMILES string of the molecule is Cc1nn(C)c(CNC2CCCC(C)C2C)c1Cl. The Morgan fingerprint density at radius 3 is 2.72 bits per heavy atom. The molecular weight excluding hydrogens is 246 g/mol. The van der Waals surface area contributed by atoms with Gasteiger partial charge in [-0.05, 0) is 25.2 Å². The van der Waals surface area contributed by atoms with Gasteiger partial charge in [-0.2, -0.15) is 5.10 Å². The van der Waals surface area contributed by atoms with Gasteiger partial charge in [-0.3, -0.25) is 4.68 Å². The summed E-state index contributed by atoms with van der Waals surface area (Å²) in [4.78, 5) is 0. The summed E-state index contributed by atoms with van der Waals surface area (Å²) in [6, 6.07) is 0.611. The third-order valence-corrected chi connectivity index (χ3v) is 4.99. The summed E-state index contributed by atoms with van der Waals surface area (Å²) in [5.74, 6) is 1.56. The Balaban J connectivity index is 1.99. The Morgan fingerprint density at radius 1 is 1.39 bits per heavy atom. The second-order valence-electron chi connectivity index (χ2n) is 5.72. The second-order valence-corrected chi connectivity index (χ2v) is 6.10. The van der Waals surface area contributed by atoms with Crippen LogP contribution in [0.2, 0.25) is 5.02 Å². The molecule has 1 saturated carbocycles. The Hall–Kier alpha value is -0.540. The lowest BCUT2D eigenvalue weighted by Gasteiger charge is -2.34. The van der Waals surface area contributed by atoms with Crippen molar-refractivity contribution in [2.24, 2.45) is 18.9 Å². The molecule has 4 heteroatoms. The Morgan fingerprint density at radius 2 is 2.11 bits per heavy atom. The molecule has 0 radical (unpaired) electrons. The minimum absolute atomic E-state index is 0.611. The van der Waals surface area contributed by atoms with Crippen LogP contribution in [0.5, 0.6) is 0 Å². The van der Waals surface area contributed by atoms with Crippen molar-refractivity contribution in [2.45, 2.75) is 52.6 Å². The molecule has 1 aromatic rings. The fourth-order valence-corrected chi connectivity index (χ4v) is 3.20. The highest BCUT2D eigenvalue weighted by molar-refractivity contribution is 6.31. The van der Waals surface area contributed by atoms with Gasteiger partial charge in [0, 0.05) is 19.6 Å². The van der Waals surface area contributed by atoms with Gasteiger partial charge < -0.3 is 5.32 Å².